The van der Waals surface area contributed by atoms with Crippen LogP contribution in [0.15, 0.2) is 42.5 Å². The van der Waals surface area contributed by atoms with Crippen LogP contribution in [-0.4, -0.2) is 0 Å². The molecule has 0 unspecified atom stereocenters. The fourth-order valence-electron chi connectivity index (χ4n) is 1.69. The van der Waals surface area contributed by atoms with Gasteiger partial charge in [0.25, 0.3) is 0 Å². The standard InChI is InChI=1S/C13H13/c1-2-6-11-8-5-9-12-7-3-4-10-13(11)12/h2-5,7-10H,6H2,1H3. The van der Waals surface area contributed by atoms with Crippen LogP contribution in [0.4, 0.5) is 0 Å². The van der Waals surface area contributed by atoms with E-state index in [0.29, 0.717) is 0 Å². The second kappa shape index (κ2) is 3.61. The molecule has 0 saturated heterocycles. The Labute approximate surface area is 79.2 Å². The second-order valence-electron chi connectivity index (χ2n) is 3.25. The summed E-state index contributed by atoms with van der Waals surface area (Å²) in [6.07, 6.45) is 3.25. The van der Waals surface area contributed by atoms with Crippen molar-refractivity contribution in [3.05, 3.63) is 54.4 Å². The molecule has 0 heteroatoms. The van der Waals surface area contributed by atoms with Crippen LogP contribution in [0.1, 0.15) is 12.5 Å². The maximum Gasteiger partial charge on any atom is -0.0152 e. The average molecular weight is 169 g/mol. The molecule has 2 aromatic carbocycles. The molecular formula is C13H13. The van der Waals surface area contributed by atoms with E-state index in [1.807, 2.05) is 0 Å². The lowest BCUT2D eigenvalue weighted by molar-refractivity contribution is 1.16. The van der Waals surface area contributed by atoms with E-state index in [-0.39, 0.29) is 0 Å². The minimum absolute atomic E-state index is 1.06. The number of benzene rings is 2. The van der Waals surface area contributed by atoms with E-state index in [1.165, 1.54) is 16.3 Å². The van der Waals surface area contributed by atoms with Gasteiger partial charge in [0.2, 0.25) is 0 Å². The lowest BCUT2D eigenvalue weighted by atomic mass is 10.0. The van der Waals surface area contributed by atoms with Crippen molar-refractivity contribution >= 4 is 10.8 Å². The van der Waals surface area contributed by atoms with Crippen molar-refractivity contribution in [3.63, 3.8) is 0 Å². The van der Waals surface area contributed by atoms with Gasteiger partial charge in [-0.2, -0.15) is 0 Å². The van der Waals surface area contributed by atoms with Crippen molar-refractivity contribution in [1.82, 2.24) is 0 Å². The number of fused-ring (bicyclic) bond motifs is 1. The van der Waals surface area contributed by atoms with Crippen molar-refractivity contribution < 1.29 is 0 Å². The Morgan fingerprint density at radius 2 is 1.77 bits per heavy atom. The quantitative estimate of drug-likeness (QED) is 0.644. The summed E-state index contributed by atoms with van der Waals surface area (Å²) >= 11 is 0. The Morgan fingerprint density at radius 3 is 2.62 bits per heavy atom. The van der Waals surface area contributed by atoms with Gasteiger partial charge in [0.05, 0.1) is 0 Å². The molecule has 0 aliphatic carbocycles. The summed E-state index contributed by atoms with van der Waals surface area (Å²) in [7, 11) is 0. The smallest absolute Gasteiger partial charge is 0.0152 e. The van der Waals surface area contributed by atoms with Crippen LogP contribution in [-0.2, 0) is 6.42 Å². The number of rotatable bonds is 2. The predicted molar refractivity (Wildman–Crippen MR) is 57.6 cm³/mol. The van der Waals surface area contributed by atoms with Gasteiger partial charge in [-0.05, 0) is 29.2 Å². The number of hydrogen-bond donors (Lipinski definition) is 0. The van der Waals surface area contributed by atoms with Crippen LogP contribution < -0.4 is 0 Å². The third kappa shape index (κ3) is 1.57. The molecule has 0 aliphatic heterocycles. The van der Waals surface area contributed by atoms with Crippen LogP contribution in [0.3, 0.4) is 0 Å². The Kier molecular flexibility index (Phi) is 2.31. The summed E-state index contributed by atoms with van der Waals surface area (Å²) in [5.74, 6) is 0. The van der Waals surface area contributed by atoms with Gasteiger partial charge in [0.15, 0.2) is 0 Å². The fraction of sp³-hybridized carbons (Fsp3) is 0.154. The zero-order valence-electron chi connectivity index (χ0n) is 7.83. The van der Waals surface area contributed by atoms with E-state index in [9.17, 15) is 0 Å². The molecule has 0 amide bonds. The molecule has 2 rings (SSSR count). The molecule has 0 bridgehead atoms. The van der Waals surface area contributed by atoms with Crippen molar-refractivity contribution in [3.8, 4) is 0 Å². The summed E-state index contributed by atoms with van der Waals surface area (Å²) in [6, 6.07) is 15.0. The fourth-order valence-corrected chi connectivity index (χ4v) is 1.69. The van der Waals surface area contributed by atoms with Crippen LogP contribution in [0.5, 0.6) is 0 Å². The molecule has 65 valence electrons. The summed E-state index contributed by atoms with van der Waals surface area (Å²) in [4.78, 5) is 0. The zero-order valence-corrected chi connectivity index (χ0v) is 7.83. The first kappa shape index (κ1) is 8.31. The highest BCUT2D eigenvalue weighted by Gasteiger charge is 1.97. The first-order chi connectivity index (χ1) is 6.42. The van der Waals surface area contributed by atoms with Gasteiger partial charge in [-0.15, -0.1) is 0 Å². The van der Waals surface area contributed by atoms with Gasteiger partial charge in [-0.1, -0.05) is 49.4 Å². The monoisotopic (exact) mass is 169 g/mol. The molecule has 0 N–H and O–H groups in total. The first-order valence-corrected chi connectivity index (χ1v) is 4.66. The zero-order chi connectivity index (χ0) is 9.10. The van der Waals surface area contributed by atoms with Gasteiger partial charge in [-0.25, -0.2) is 0 Å². The van der Waals surface area contributed by atoms with Crippen molar-refractivity contribution in [2.45, 2.75) is 13.3 Å². The molecule has 2 aromatic rings. The molecule has 0 heterocycles. The summed E-state index contributed by atoms with van der Waals surface area (Å²) in [5, 5.41) is 2.71. The molecule has 0 aromatic heterocycles. The van der Waals surface area contributed by atoms with Crippen LogP contribution in [0.2, 0.25) is 0 Å². The Morgan fingerprint density at radius 1 is 1.00 bits per heavy atom. The lowest BCUT2D eigenvalue weighted by Gasteiger charge is -2.03. The second-order valence-corrected chi connectivity index (χ2v) is 3.25. The van der Waals surface area contributed by atoms with Crippen LogP contribution in [0.25, 0.3) is 10.8 Å². The minimum atomic E-state index is 1.06. The molecule has 0 saturated carbocycles. The Hall–Kier alpha value is -1.30. The van der Waals surface area contributed by atoms with E-state index < -0.39 is 0 Å². The summed E-state index contributed by atoms with van der Waals surface area (Å²) < 4.78 is 0. The lowest BCUT2D eigenvalue weighted by Crippen LogP contribution is -1.85. The van der Waals surface area contributed by atoms with Crippen LogP contribution >= 0.6 is 0 Å². The highest BCUT2D eigenvalue weighted by atomic mass is 14.0. The molecule has 0 spiro atoms. The largest absolute Gasteiger partial charge is 0.0619 e. The summed E-state index contributed by atoms with van der Waals surface area (Å²) in [5.41, 5.74) is 1.42. The SMILES string of the molecule is C[CH]Cc1cccc2ccccc12. The van der Waals surface area contributed by atoms with Gasteiger partial charge in [0, 0.05) is 0 Å². The van der Waals surface area contributed by atoms with Crippen molar-refractivity contribution in [2.75, 3.05) is 0 Å². The molecule has 1 radical (unpaired) electrons. The molecular weight excluding hydrogens is 156 g/mol. The summed E-state index contributed by atoms with van der Waals surface area (Å²) in [6.45, 7) is 2.10. The normalized spacial score (nSPS) is 10.5. The molecule has 0 fully saturated rings. The Balaban J connectivity index is 2.61. The third-order valence-corrected chi connectivity index (χ3v) is 2.30. The van der Waals surface area contributed by atoms with E-state index in [2.05, 4.69) is 55.8 Å². The predicted octanol–water partition coefficient (Wildman–Crippen LogP) is 3.61. The van der Waals surface area contributed by atoms with E-state index in [0.717, 1.165) is 6.42 Å². The topological polar surface area (TPSA) is 0 Å². The maximum atomic E-state index is 2.20. The van der Waals surface area contributed by atoms with Gasteiger partial charge < -0.3 is 0 Å². The van der Waals surface area contributed by atoms with Crippen molar-refractivity contribution in [2.24, 2.45) is 0 Å². The van der Waals surface area contributed by atoms with Gasteiger partial charge in [-0.3, -0.25) is 0 Å². The van der Waals surface area contributed by atoms with Gasteiger partial charge in [0.1, 0.15) is 0 Å². The molecule has 13 heavy (non-hydrogen) atoms. The average Bonchev–Trinajstić information content (AvgIpc) is 2.19. The van der Waals surface area contributed by atoms with Gasteiger partial charge >= 0.3 is 0 Å². The number of hydrogen-bond acceptors (Lipinski definition) is 0. The van der Waals surface area contributed by atoms with Crippen molar-refractivity contribution in [1.29, 1.82) is 0 Å². The minimum Gasteiger partial charge on any atom is -0.0619 e. The van der Waals surface area contributed by atoms with E-state index in [1.54, 1.807) is 0 Å². The molecule has 0 nitrogen and oxygen atoms in total. The van der Waals surface area contributed by atoms with Crippen LogP contribution in [0, 0.1) is 6.42 Å². The molecule has 0 atom stereocenters. The Bertz CT molecular complexity index is 396. The van der Waals surface area contributed by atoms with E-state index >= 15 is 0 Å². The highest BCUT2D eigenvalue weighted by molar-refractivity contribution is 5.85. The maximum absolute atomic E-state index is 2.20. The molecule has 0 aliphatic rings. The van der Waals surface area contributed by atoms with E-state index in [4.69, 9.17) is 0 Å². The third-order valence-electron chi connectivity index (χ3n) is 2.30. The highest BCUT2D eigenvalue weighted by Crippen LogP contribution is 2.19. The first-order valence-electron chi connectivity index (χ1n) is 4.66.